The third kappa shape index (κ3) is 5.34. The van der Waals surface area contributed by atoms with E-state index in [1.165, 1.54) is 51.4 Å². The largest absolute Gasteiger partial charge is 0.314 e. The maximum Gasteiger partial charge on any atom is 0.00695 e. The summed E-state index contributed by atoms with van der Waals surface area (Å²) in [6, 6.07) is 0.778. The van der Waals surface area contributed by atoms with E-state index in [2.05, 4.69) is 26.1 Å². The van der Waals surface area contributed by atoms with Gasteiger partial charge in [-0.3, -0.25) is 0 Å². The molecule has 1 rings (SSSR count). The number of nitrogens with one attached hydrogen (secondary N) is 1. The van der Waals surface area contributed by atoms with Crippen molar-refractivity contribution in [2.24, 2.45) is 11.8 Å². The van der Waals surface area contributed by atoms with E-state index in [1.807, 2.05) is 0 Å². The third-order valence-corrected chi connectivity index (χ3v) is 4.27. The zero-order chi connectivity index (χ0) is 11.8. The summed E-state index contributed by atoms with van der Waals surface area (Å²) in [4.78, 5) is 0. The van der Waals surface area contributed by atoms with Gasteiger partial charge in [0.1, 0.15) is 0 Å². The predicted octanol–water partition coefficient (Wildman–Crippen LogP) is 4.37. The van der Waals surface area contributed by atoms with Gasteiger partial charge in [0, 0.05) is 6.04 Å². The van der Waals surface area contributed by atoms with Crippen molar-refractivity contribution in [1.82, 2.24) is 5.32 Å². The molecule has 16 heavy (non-hydrogen) atoms. The van der Waals surface area contributed by atoms with Crippen LogP contribution in [0.25, 0.3) is 0 Å². The molecule has 0 radical (unpaired) electrons. The summed E-state index contributed by atoms with van der Waals surface area (Å²) in [5.74, 6) is 1.94. The predicted molar refractivity (Wildman–Crippen MR) is 72.7 cm³/mol. The van der Waals surface area contributed by atoms with Gasteiger partial charge in [-0.2, -0.15) is 0 Å². The molecular weight excluding hydrogens is 194 g/mol. The molecule has 96 valence electrons. The van der Waals surface area contributed by atoms with Crippen molar-refractivity contribution in [2.45, 2.75) is 78.2 Å². The zero-order valence-electron chi connectivity index (χ0n) is 11.6. The molecule has 0 aromatic heterocycles. The fourth-order valence-electron chi connectivity index (χ4n) is 2.98. The molecule has 0 saturated heterocycles. The summed E-state index contributed by atoms with van der Waals surface area (Å²) in [7, 11) is 0. The average molecular weight is 225 g/mol. The second kappa shape index (κ2) is 8.11. The lowest BCUT2D eigenvalue weighted by molar-refractivity contribution is 0.349. The molecule has 1 aliphatic rings. The Morgan fingerprint density at radius 2 is 1.88 bits per heavy atom. The Bertz CT molecular complexity index is 161. The summed E-state index contributed by atoms with van der Waals surface area (Å²) >= 11 is 0. The minimum absolute atomic E-state index is 0.778. The molecule has 0 amide bonds. The van der Waals surface area contributed by atoms with Crippen molar-refractivity contribution in [3.8, 4) is 0 Å². The SMILES string of the molecule is CCNC(CCC1CCCC1)CC(C)CC. The monoisotopic (exact) mass is 225 g/mol. The minimum Gasteiger partial charge on any atom is -0.314 e. The molecule has 1 fully saturated rings. The van der Waals surface area contributed by atoms with Crippen LogP contribution in [0.1, 0.15) is 72.1 Å². The topological polar surface area (TPSA) is 12.0 Å². The smallest absolute Gasteiger partial charge is 0.00695 e. The summed E-state index contributed by atoms with van der Waals surface area (Å²) in [6.07, 6.45) is 11.5. The Hall–Kier alpha value is -0.0400. The van der Waals surface area contributed by atoms with Crippen LogP contribution in [0.2, 0.25) is 0 Å². The highest BCUT2D eigenvalue weighted by atomic mass is 14.9. The lowest BCUT2D eigenvalue weighted by Gasteiger charge is -2.22. The van der Waals surface area contributed by atoms with Gasteiger partial charge in [0.15, 0.2) is 0 Å². The van der Waals surface area contributed by atoms with Gasteiger partial charge in [-0.25, -0.2) is 0 Å². The molecule has 0 bridgehead atoms. The fraction of sp³-hybridized carbons (Fsp3) is 1.00. The standard InChI is InChI=1S/C15H31N/c1-4-13(3)12-15(16-5-2)11-10-14-8-6-7-9-14/h13-16H,4-12H2,1-3H3. The van der Waals surface area contributed by atoms with Gasteiger partial charge in [0.05, 0.1) is 0 Å². The van der Waals surface area contributed by atoms with E-state index in [-0.39, 0.29) is 0 Å². The van der Waals surface area contributed by atoms with Crippen molar-refractivity contribution >= 4 is 0 Å². The van der Waals surface area contributed by atoms with Crippen LogP contribution in [0.15, 0.2) is 0 Å². The first-order valence-electron chi connectivity index (χ1n) is 7.49. The number of rotatable bonds is 8. The van der Waals surface area contributed by atoms with Gasteiger partial charge in [0.2, 0.25) is 0 Å². The highest BCUT2D eigenvalue weighted by Gasteiger charge is 2.17. The molecule has 0 heterocycles. The Balaban J connectivity index is 2.20. The molecule has 2 unspecified atom stereocenters. The number of hydrogen-bond acceptors (Lipinski definition) is 1. The Labute approximate surface area is 102 Å². The maximum atomic E-state index is 3.67. The highest BCUT2D eigenvalue weighted by molar-refractivity contribution is 4.74. The molecule has 1 heteroatoms. The first-order chi connectivity index (χ1) is 7.76. The van der Waals surface area contributed by atoms with Gasteiger partial charge < -0.3 is 5.32 Å². The first-order valence-corrected chi connectivity index (χ1v) is 7.49. The Morgan fingerprint density at radius 3 is 2.44 bits per heavy atom. The van der Waals surface area contributed by atoms with Crippen LogP contribution in [0.5, 0.6) is 0 Å². The van der Waals surface area contributed by atoms with Gasteiger partial charge in [0.25, 0.3) is 0 Å². The quantitative estimate of drug-likeness (QED) is 0.647. The molecule has 1 N–H and O–H groups in total. The van der Waals surface area contributed by atoms with Gasteiger partial charge in [-0.15, -0.1) is 0 Å². The highest BCUT2D eigenvalue weighted by Crippen LogP contribution is 2.29. The minimum atomic E-state index is 0.778. The fourth-order valence-corrected chi connectivity index (χ4v) is 2.98. The van der Waals surface area contributed by atoms with Crippen LogP contribution in [0.4, 0.5) is 0 Å². The van der Waals surface area contributed by atoms with Crippen LogP contribution < -0.4 is 5.32 Å². The lowest BCUT2D eigenvalue weighted by atomic mass is 9.92. The summed E-state index contributed by atoms with van der Waals surface area (Å²) in [5, 5.41) is 3.67. The summed E-state index contributed by atoms with van der Waals surface area (Å²) in [6.45, 7) is 8.06. The van der Waals surface area contributed by atoms with Crippen molar-refractivity contribution in [1.29, 1.82) is 0 Å². The van der Waals surface area contributed by atoms with Gasteiger partial charge in [-0.05, 0) is 37.6 Å². The Morgan fingerprint density at radius 1 is 1.19 bits per heavy atom. The van der Waals surface area contributed by atoms with Gasteiger partial charge >= 0.3 is 0 Å². The number of hydrogen-bond donors (Lipinski definition) is 1. The molecule has 1 aliphatic carbocycles. The molecule has 0 aliphatic heterocycles. The third-order valence-electron chi connectivity index (χ3n) is 4.27. The second-order valence-electron chi connectivity index (χ2n) is 5.73. The van der Waals surface area contributed by atoms with E-state index in [1.54, 1.807) is 0 Å². The van der Waals surface area contributed by atoms with Gasteiger partial charge in [-0.1, -0.05) is 52.9 Å². The molecule has 1 nitrogen and oxygen atoms in total. The zero-order valence-corrected chi connectivity index (χ0v) is 11.6. The molecule has 0 aromatic rings. The second-order valence-corrected chi connectivity index (χ2v) is 5.73. The van der Waals surface area contributed by atoms with E-state index in [0.717, 1.165) is 24.4 Å². The summed E-state index contributed by atoms with van der Waals surface area (Å²) in [5.41, 5.74) is 0. The van der Waals surface area contributed by atoms with Crippen molar-refractivity contribution in [2.75, 3.05) is 6.54 Å². The average Bonchev–Trinajstić information content (AvgIpc) is 2.79. The van der Waals surface area contributed by atoms with Crippen LogP contribution in [-0.4, -0.2) is 12.6 Å². The summed E-state index contributed by atoms with van der Waals surface area (Å²) < 4.78 is 0. The van der Waals surface area contributed by atoms with Crippen LogP contribution >= 0.6 is 0 Å². The maximum absolute atomic E-state index is 3.67. The van der Waals surface area contributed by atoms with Crippen molar-refractivity contribution in [3.05, 3.63) is 0 Å². The van der Waals surface area contributed by atoms with E-state index >= 15 is 0 Å². The van der Waals surface area contributed by atoms with Crippen molar-refractivity contribution in [3.63, 3.8) is 0 Å². The molecule has 0 spiro atoms. The molecular formula is C15H31N. The lowest BCUT2D eigenvalue weighted by Crippen LogP contribution is -2.31. The van der Waals surface area contributed by atoms with E-state index in [4.69, 9.17) is 0 Å². The Kier molecular flexibility index (Phi) is 7.11. The molecule has 1 saturated carbocycles. The molecule has 0 aromatic carbocycles. The van der Waals surface area contributed by atoms with Crippen LogP contribution in [-0.2, 0) is 0 Å². The van der Waals surface area contributed by atoms with E-state index in [9.17, 15) is 0 Å². The van der Waals surface area contributed by atoms with Crippen molar-refractivity contribution < 1.29 is 0 Å². The van der Waals surface area contributed by atoms with E-state index in [0.29, 0.717) is 0 Å². The van der Waals surface area contributed by atoms with Crippen LogP contribution in [0.3, 0.4) is 0 Å². The van der Waals surface area contributed by atoms with Crippen LogP contribution in [0, 0.1) is 11.8 Å². The normalized spacial score (nSPS) is 21.2. The molecule has 2 atom stereocenters. The first kappa shape index (κ1) is 14.0. The van der Waals surface area contributed by atoms with E-state index < -0.39 is 0 Å².